The highest BCUT2D eigenvalue weighted by Crippen LogP contribution is 2.35. The minimum absolute atomic E-state index is 0.00663. The number of nitrogens with one attached hydrogen (secondary N) is 1. The van der Waals surface area contributed by atoms with Gasteiger partial charge in [0.1, 0.15) is 11.2 Å². The SMILES string of the molecule is CCc1[nH]nc(C(=O)N2CC[C@H](O)[C@](Cc3ccc(F)cc3)(C(=O)O)C2)c1C. The molecule has 1 fully saturated rings. The molecule has 2 aromatic rings. The number of aliphatic hydroxyl groups excluding tert-OH is 1. The third-order valence-electron chi connectivity index (χ3n) is 5.60. The van der Waals surface area contributed by atoms with Crippen LogP contribution in [0.25, 0.3) is 0 Å². The second-order valence-corrected chi connectivity index (χ2v) is 7.33. The molecule has 0 spiro atoms. The number of benzene rings is 1. The van der Waals surface area contributed by atoms with E-state index in [1.807, 2.05) is 6.92 Å². The van der Waals surface area contributed by atoms with Crippen LogP contribution < -0.4 is 0 Å². The van der Waals surface area contributed by atoms with Gasteiger partial charge in [-0.05, 0) is 43.9 Å². The number of aromatic nitrogens is 2. The minimum atomic E-state index is -1.57. The molecular weight excluding hydrogens is 365 g/mol. The van der Waals surface area contributed by atoms with Crippen LogP contribution in [0.4, 0.5) is 4.39 Å². The van der Waals surface area contributed by atoms with E-state index >= 15 is 0 Å². The highest BCUT2D eigenvalue weighted by molar-refractivity contribution is 5.94. The number of carbonyl (C=O) groups excluding carboxylic acids is 1. The van der Waals surface area contributed by atoms with Crippen LogP contribution in [-0.2, 0) is 17.6 Å². The average Bonchev–Trinajstić information content (AvgIpc) is 3.05. The summed E-state index contributed by atoms with van der Waals surface area (Å²) in [7, 11) is 0. The maximum atomic E-state index is 13.2. The van der Waals surface area contributed by atoms with Crippen LogP contribution in [0.5, 0.6) is 0 Å². The Bertz CT molecular complexity index is 880. The molecule has 1 aliphatic heterocycles. The lowest BCUT2D eigenvalue weighted by molar-refractivity contribution is -0.161. The number of carboxylic acid groups (broad SMARTS) is 1. The summed E-state index contributed by atoms with van der Waals surface area (Å²) in [6.45, 7) is 3.85. The number of rotatable bonds is 5. The van der Waals surface area contributed by atoms with Gasteiger partial charge in [0, 0.05) is 24.3 Å². The van der Waals surface area contributed by atoms with Crippen molar-refractivity contribution in [3.63, 3.8) is 0 Å². The van der Waals surface area contributed by atoms with Crippen LogP contribution in [0.15, 0.2) is 24.3 Å². The van der Waals surface area contributed by atoms with Crippen LogP contribution in [-0.4, -0.2) is 56.4 Å². The number of likely N-dealkylation sites (tertiary alicyclic amines) is 1. The number of aliphatic carboxylic acids is 1. The fraction of sp³-hybridized carbons (Fsp3) is 0.450. The molecular formula is C20H24FN3O4. The fourth-order valence-electron chi connectivity index (χ4n) is 3.81. The van der Waals surface area contributed by atoms with Crippen molar-refractivity contribution in [3.05, 3.63) is 52.6 Å². The zero-order valence-electron chi connectivity index (χ0n) is 15.9. The summed E-state index contributed by atoms with van der Waals surface area (Å²) < 4.78 is 13.2. The van der Waals surface area contributed by atoms with E-state index < -0.39 is 23.3 Å². The predicted octanol–water partition coefficient (Wildman–Crippen LogP) is 1.94. The number of nitrogens with zero attached hydrogens (tertiary/aromatic N) is 2. The van der Waals surface area contributed by atoms with Gasteiger partial charge >= 0.3 is 5.97 Å². The molecule has 1 aliphatic rings. The van der Waals surface area contributed by atoms with Gasteiger partial charge in [0.15, 0.2) is 5.69 Å². The standard InChI is InChI=1S/C20H24FN3O4/c1-3-15-12(2)17(23-22-15)18(26)24-9-8-16(25)20(11-24,19(27)28)10-13-4-6-14(21)7-5-13/h4-7,16,25H,3,8-11H2,1-2H3,(H,22,23)(H,27,28)/t16-,20+/m0/s1. The molecule has 3 rings (SSSR count). The molecule has 7 nitrogen and oxygen atoms in total. The van der Waals surface area contributed by atoms with Crippen LogP contribution in [0.2, 0.25) is 0 Å². The van der Waals surface area contributed by atoms with Crippen LogP contribution in [0.1, 0.15) is 40.7 Å². The number of H-pyrrole nitrogens is 1. The number of aryl methyl sites for hydroxylation is 1. The van der Waals surface area contributed by atoms with Crippen molar-refractivity contribution in [2.75, 3.05) is 13.1 Å². The fourth-order valence-corrected chi connectivity index (χ4v) is 3.81. The minimum Gasteiger partial charge on any atom is -0.481 e. The first kappa shape index (κ1) is 20.0. The topological polar surface area (TPSA) is 107 Å². The predicted molar refractivity (Wildman–Crippen MR) is 99.4 cm³/mol. The summed E-state index contributed by atoms with van der Waals surface area (Å²) in [5, 5.41) is 27.4. The summed E-state index contributed by atoms with van der Waals surface area (Å²) in [5.41, 5.74) is 0.897. The summed E-state index contributed by atoms with van der Waals surface area (Å²) in [6, 6.07) is 5.50. The molecule has 1 amide bonds. The number of amides is 1. The van der Waals surface area contributed by atoms with E-state index in [2.05, 4.69) is 10.2 Å². The zero-order chi connectivity index (χ0) is 20.5. The number of carboxylic acids is 1. The number of halogens is 1. The molecule has 0 radical (unpaired) electrons. The molecule has 1 saturated heterocycles. The Kier molecular flexibility index (Phi) is 5.51. The van der Waals surface area contributed by atoms with Crippen LogP contribution >= 0.6 is 0 Å². The molecule has 8 heteroatoms. The highest BCUT2D eigenvalue weighted by atomic mass is 19.1. The largest absolute Gasteiger partial charge is 0.481 e. The van der Waals surface area contributed by atoms with Gasteiger partial charge in [-0.2, -0.15) is 5.10 Å². The Morgan fingerprint density at radius 3 is 2.61 bits per heavy atom. The van der Waals surface area contributed by atoms with Crippen molar-refractivity contribution < 1.29 is 24.2 Å². The lowest BCUT2D eigenvalue weighted by atomic mass is 9.72. The second kappa shape index (κ2) is 7.71. The number of aromatic amines is 1. The van der Waals surface area contributed by atoms with Gasteiger partial charge in [0.05, 0.1) is 6.10 Å². The number of carbonyl (C=O) groups is 2. The molecule has 1 aromatic heterocycles. The molecule has 0 unspecified atom stereocenters. The third kappa shape index (κ3) is 3.52. The Balaban J connectivity index is 1.90. The average molecular weight is 389 g/mol. The van der Waals surface area contributed by atoms with Crippen molar-refractivity contribution in [1.29, 1.82) is 0 Å². The molecule has 0 aliphatic carbocycles. The second-order valence-electron chi connectivity index (χ2n) is 7.33. The first-order chi connectivity index (χ1) is 13.3. The maximum absolute atomic E-state index is 13.2. The van der Waals surface area contributed by atoms with E-state index in [4.69, 9.17) is 0 Å². The van der Waals surface area contributed by atoms with Crippen molar-refractivity contribution >= 4 is 11.9 Å². The Morgan fingerprint density at radius 1 is 1.36 bits per heavy atom. The molecule has 150 valence electrons. The van der Waals surface area contributed by atoms with Gasteiger partial charge in [-0.1, -0.05) is 19.1 Å². The Morgan fingerprint density at radius 2 is 2.04 bits per heavy atom. The third-order valence-corrected chi connectivity index (χ3v) is 5.60. The number of piperidine rings is 1. The quantitative estimate of drug-likeness (QED) is 0.725. The monoisotopic (exact) mass is 389 g/mol. The Labute approximate surface area is 162 Å². The van der Waals surface area contributed by atoms with Crippen molar-refractivity contribution in [2.45, 2.75) is 39.2 Å². The molecule has 28 heavy (non-hydrogen) atoms. The van der Waals surface area contributed by atoms with E-state index in [-0.39, 0.29) is 37.5 Å². The summed E-state index contributed by atoms with van der Waals surface area (Å²) >= 11 is 0. The smallest absolute Gasteiger partial charge is 0.314 e. The van der Waals surface area contributed by atoms with Gasteiger partial charge in [-0.15, -0.1) is 0 Å². The molecule has 0 saturated carbocycles. The van der Waals surface area contributed by atoms with Crippen LogP contribution in [0, 0.1) is 18.2 Å². The van der Waals surface area contributed by atoms with Crippen molar-refractivity contribution in [1.82, 2.24) is 15.1 Å². The summed E-state index contributed by atoms with van der Waals surface area (Å²) in [6.07, 6.45) is -0.281. The highest BCUT2D eigenvalue weighted by Gasteiger charge is 2.50. The summed E-state index contributed by atoms with van der Waals surface area (Å²) in [5.74, 6) is -1.96. The van der Waals surface area contributed by atoms with E-state index in [9.17, 15) is 24.2 Å². The van der Waals surface area contributed by atoms with Gasteiger partial charge in [0.2, 0.25) is 0 Å². The lowest BCUT2D eigenvalue weighted by Crippen LogP contribution is -2.58. The first-order valence-electron chi connectivity index (χ1n) is 9.27. The van der Waals surface area contributed by atoms with E-state index in [1.54, 1.807) is 6.92 Å². The first-order valence-corrected chi connectivity index (χ1v) is 9.27. The lowest BCUT2D eigenvalue weighted by Gasteiger charge is -2.43. The molecule has 2 heterocycles. The zero-order valence-corrected chi connectivity index (χ0v) is 15.9. The van der Waals surface area contributed by atoms with Gasteiger partial charge in [0.25, 0.3) is 5.91 Å². The van der Waals surface area contributed by atoms with Crippen molar-refractivity contribution in [2.24, 2.45) is 5.41 Å². The molecule has 0 bridgehead atoms. The van der Waals surface area contributed by atoms with Gasteiger partial charge in [-0.25, -0.2) is 4.39 Å². The number of hydrogen-bond donors (Lipinski definition) is 3. The molecule has 3 N–H and O–H groups in total. The molecule has 2 atom stereocenters. The van der Waals surface area contributed by atoms with E-state index in [0.717, 1.165) is 11.3 Å². The summed E-state index contributed by atoms with van der Waals surface area (Å²) in [4.78, 5) is 26.6. The molecule has 1 aromatic carbocycles. The normalized spacial score (nSPS) is 22.3. The number of aliphatic hydroxyl groups is 1. The van der Waals surface area contributed by atoms with E-state index in [0.29, 0.717) is 12.0 Å². The Hall–Kier alpha value is -2.74. The van der Waals surface area contributed by atoms with Crippen LogP contribution in [0.3, 0.4) is 0 Å². The van der Waals surface area contributed by atoms with E-state index in [1.165, 1.54) is 29.2 Å². The van der Waals surface area contributed by atoms with Crippen molar-refractivity contribution in [3.8, 4) is 0 Å². The van der Waals surface area contributed by atoms with Gasteiger partial charge in [-0.3, -0.25) is 14.7 Å². The number of hydrogen-bond acceptors (Lipinski definition) is 4. The van der Waals surface area contributed by atoms with Gasteiger partial charge < -0.3 is 15.1 Å². The maximum Gasteiger partial charge on any atom is 0.314 e.